The van der Waals surface area contributed by atoms with Crippen molar-refractivity contribution in [2.45, 2.75) is 53.1 Å². The van der Waals surface area contributed by atoms with Crippen molar-refractivity contribution in [3.8, 4) is 0 Å². The molecule has 0 spiro atoms. The summed E-state index contributed by atoms with van der Waals surface area (Å²) in [6.07, 6.45) is 1.12. The van der Waals surface area contributed by atoms with Crippen LogP contribution in [0.5, 0.6) is 0 Å². The van der Waals surface area contributed by atoms with Crippen molar-refractivity contribution in [3.63, 3.8) is 0 Å². The van der Waals surface area contributed by atoms with Crippen LogP contribution in [-0.2, 0) is 14.8 Å². The molecule has 1 atom stereocenters. The summed E-state index contributed by atoms with van der Waals surface area (Å²) in [4.78, 5) is 12.4. The second-order valence-corrected chi connectivity index (χ2v) is 8.62. The molecule has 0 unspecified atom stereocenters. The summed E-state index contributed by atoms with van der Waals surface area (Å²) in [5.74, 6) is -0.321. The first-order valence-corrected chi connectivity index (χ1v) is 9.06. The maximum Gasteiger partial charge on any atom is 0.244 e. The number of carbonyl (C=O) groups excluding carboxylic acids is 1. The number of aryl methyl sites for hydroxylation is 2. The molecule has 22 heavy (non-hydrogen) atoms. The number of nitrogens with one attached hydrogen (secondary N) is 1. The second kappa shape index (κ2) is 6.28. The molecule has 0 radical (unpaired) electrons. The van der Waals surface area contributed by atoms with E-state index < -0.39 is 21.6 Å². The van der Waals surface area contributed by atoms with Gasteiger partial charge in [0.15, 0.2) is 0 Å². The third-order valence-corrected chi connectivity index (χ3v) is 4.42. The Balaban J connectivity index is 3.31. The summed E-state index contributed by atoms with van der Waals surface area (Å²) >= 11 is 0. The van der Waals surface area contributed by atoms with Crippen LogP contribution in [0.3, 0.4) is 0 Å². The molecule has 5 nitrogen and oxygen atoms in total. The van der Waals surface area contributed by atoms with Gasteiger partial charge in [-0.05, 0) is 58.7 Å². The van der Waals surface area contributed by atoms with Gasteiger partial charge in [0, 0.05) is 5.54 Å². The monoisotopic (exact) mass is 326 g/mol. The van der Waals surface area contributed by atoms with Gasteiger partial charge in [-0.15, -0.1) is 0 Å². The van der Waals surface area contributed by atoms with E-state index in [-0.39, 0.29) is 5.91 Å². The maximum atomic E-state index is 12.4. The first kappa shape index (κ1) is 18.5. The predicted octanol–water partition coefficient (Wildman–Crippen LogP) is 2.37. The predicted molar refractivity (Wildman–Crippen MR) is 90.6 cm³/mol. The molecule has 6 heteroatoms. The van der Waals surface area contributed by atoms with E-state index in [0.717, 1.165) is 17.4 Å². The first-order valence-electron chi connectivity index (χ1n) is 7.21. The zero-order chi connectivity index (χ0) is 17.3. The van der Waals surface area contributed by atoms with E-state index in [1.807, 2.05) is 46.8 Å². The van der Waals surface area contributed by atoms with Crippen molar-refractivity contribution in [1.82, 2.24) is 5.32 Å². The molecule has 0 bridgehead atoms. The Hall–Kier alpha value is -1.56. The average molecular weight is 326 g/mol. The van der Waals surface area contributed by atoms with E-state index in [1.54, 1.807) is 13.0 Å². The molecule has 0 fully saturated rings. The second-order valence-electron chi connectivity index (χ2n) is 6.76. The summed E-state index contributed by atoms with van der Waals surface area (Å²) in [7, 11) is -3.58. The average Bonchev–Trinajstić information content (AvgIpc) is 2.29. The van der Waals surface area contributed by atoms with Gasteiger partial charge < -0.3 is 5.32 Å². The molecule has 0 aliphatic carbocycles. The van der Waals surface area contributed by atoms with Crippen LogP contribution in [0.2, 0.25) is 0 Å². The number of hydrogen-bond donors (Lipinski definition) is 1. The molecule has 0 aliphatic heterocycles. The Morgan fingerprint density at radius 3 is 2.23 bits per heavy atom. The number of sulfonamides is 1. The smallest absolute Gasteiger partial charge is 0.244 e. The van der Waals surface area contributed by atoms with E-state index in [2.05, 4.69) is 5.32 Å². The highest BCUT2D eigenvalue weighted by molar-refractivity contribution is 7.92. The molecule has 1 N–H and O–H groups in total. The van der Waals surface area contributed by atoms with Gasteiger partial charge in [-0.1, -0.05) is 12.1 Å². The molecule has 1 rings (SSSR count). The molecule has 0 aromatic heterocycles. The fourth-order valence-corrected chi connectivity index (χ4v) is 3.44. The van der Waals surface area contributed by atoms with Crippen LogP contribution in [0.4, 0.5) is 5.69 Å². The Kier molecular flexibility index (Phi) is 5.28. The zero-order valence-corrected chi connectivity index (χ0v) is 15.2. The number of rotatable bonds is 4. The lowest BCUT2D eigenvalue weighted by Crippen LogP contribution is -2.52. The van der Waals surface area contributed by atoms with Crippen molar-refractivity contribution in [2.75, 3.05) is 10.6 Å². The molecule has 1 aromatic rings. The van der Waals surface area contributed by atoms with Crippen LogP contribution in [0.15, 0.2) is 18.2 Å². The molecule has 0 aliphatic rings. The normalized spacial score (nSPS) is 13.6. The van der Waals surface area contributed by atoms with E-state index in [9.17, 15) is 13.2 Å². The molecule has 1 amide bonds. The fraction of sp³-hybridized carbons (Fsp3) is 0.562. The lowest BCUT2D eigenvalue weighted by atomic mass is 10.1. The van der Waals surface area contributed by atoms with Crippen molar-refractivity contribution >= 4 is 21.6 Å². The summed E-state index contributed by atoms with van der Waals surface area (Å²) in [5, 5.41) is 2.83. The van der Waals surface area contributed by atoms with Crippen LogP contribution in [0, 0.1) is 13.8 Å². The number of hydrogen-bond acceptors (Lipinski definition) is 3. The third-order valence-electron chi connectivity index (χ3n) is 3.19. The highest BCUT2D eigenvalue weighted by Crippen LogP contribution is 2.26. The quantitative estimate of drug-likeness (QED) is 0.924. The van der Waals surface area contributed by atoms with Crippen molar-refractivity contribution in [3.05, 3.63) is 29.3 Å². The number of benzene rings is 1. The summed E-state index contributed by atoms with van der Waals surface area (Å²) in [5.41, 5.74) is 1.87. The standard InChI is InChI=1S/C16H26N2O3S/c1-11-8-9-12(2)14(10-11)18(22(7,20)21)13(3)15(19)17-16(4,5)6/h8-10,13H,1-7H3,(H,17,19)/t13-/m0/s1. The Labute approximate surface area is 133 Å². The highest BCUT2D eigenvalue weighted by atomic mass is 32.2. The van der Waals surface area contributed by atoms with Gasteiger partial charge in [-0.25, -0.2) is 8.42 Å². The van der Waals surface area contributed by atoms with E-state index in [4.69, 9.17) is 0 Å². The Morgan fingerprint density at radius 1 is 1.23 bits per heavy atom. The van der Waals surface area contributed by atoms with Gasteiger partial charge in [0.1, 0.15) is 6.04 Å². The minimum absolute atomic E-state index is 0.321. The van der Waals surface area contributed by atoms with Gasteiger partial charge in [-0.3, -0.25) is 9.10 Å². The number of amides is 1. The minimum atomic E-state index is -3.58. The number of anilines is 1. The molecular weight excluding hydrogens is 300 g/mol. The highest BCUT2D eigenvalue weighted by Gasteiger charge is 2.31. The van der Waals surface area contributed by atoms with Crippen molar-refractivity contribution < 1.29 is 13.2 Å². The van der Waals surface area contributed by atoms with Crippen LogP contribution < -0.4 is 9.62 Å². The van der Waals surface area contributed by atoms with Crippen LogP contribution in [0.1, 0.15) is 38.8 Å². The molecule has 1 aromatic carbocycles. The Morgan fingerprint density at radius 2 is 1.77 bits per heavy atom. The number of nitrogens with zero attached hydrogens (tertiary/aromatic N) is 1. The first-order chi connectivity index (χ1) is 9.83. The summed E-state index contributed by atoms with van der Waals surface area (Å²) in [6.45, 7) is 10.9. The maximum absolute atomic E-state index is 12.4. The molecular formula is C16H26N2O3S. The fourth-order valence-electron chi connectivity index (χ4n) is 2.21. The lowest BCUT2D eigenvalue weighted by molar-refractivity contribution is -0.123. The van der Waals surface area contributed by atoms with Crippen molar-refractivity contribution in [2.24, 2.45) is 0 Å². The van der Waals surface area contributed by atoms with Gasteiger partial charge in [0.05, 0.1) is 11.9 Å². The van der Waals surface area contributed by atoms with E-state index >= 15 is 0 Å². The summed E-state index contributed by atoms with van der Waals surface area (Å²) in [6, 6.07) is 4.74. The molecule has 0 saturated heterocycles. The van der Waals surface area contributed by atoms with Gasteiger partial charge in [0.25, 0.3) is 0 Å². The summed E-state index contributed by atoms with van der Waals surface area (Å²) < 4.78 is 25.7. The van der Waals surface area contributed by atoms with Gasteiger partial charge in [0.2, 0.25) is 15.9 Å². The van der Waals surface area contributed by atoms with E-state index in [1.165, 1.54) is 4.31 Å². The Bertz CT molecular complexity index is 660. The minimum Gasteiger partial charge on any atom is -0.350 e. The molecule has 124 valence electrons. The van der Waals surface area contributed by atoms with Crippen LogP contribution in [-0.4, -0.2) is 32.2 Å². The SMILES string of the molecule is Cc1ccc(C)c(N([C@@H](C)C(=O)NC(C)(C)C)S(C)(=O)=O)c1. The van der Waals surface area contributed by atoms with Crippen LogP contribution >= 0.6 is 0 Å². The van der Waals surface area contributed by atoms with E-state index in [0.29, 0.717) is 5.69 Å². The lowest BCUT2D eigenvalue weighted by Gasteiger charge is -2.32. The van der Waals surface area contributed by atoms with Gasteiger partial charge >= 0.3 is 0 Å². The molecule has 0 heterocycles. The van der Waals surface area contributed by atoms with Gasteiger partial charge in [-0.2, -0.15) is 0 Å². The zero-order valence-electron chi connectivity index (χ0n) is 14.4. The molecule has 0 saturated carbocycles. The number of carbonyl (C=O) groups is 1. The van der Waals surface area contributed by atoms with Crippen LogP contribution in [0.25, 0.3) is 0 Å². The van der Waals surface area contributed by atoms with Crippen molar-refractivity contribution in [1.29, 1.82) is 0 Å². The largest absolute Gasteiger partial charge is 0.350 e. The topological polar surface area (TPSA) is 66.5 Å². The third kappa shape index (κ3) is 4.73.